The number of aromatic nitrogens is 2. The van der Waals surface area contributed by atoms with Crippen molar-refractivity contribution in [2.75, 3.05) is 18.5 Å². The number of carbonyl (C=O) groups excluding carboxylic acids is 2. The Hall–Kier alpha value is -4.40. The smallest absolute Gasteiger partial charge is 0.347 e. The lowest BCUT2D eigenvalue weighted by atomic mass is 10.2. The average Bonchev–Trinajstić information content (AvgIpc) is 2.86. The van der Waals surface area contributed by atoms with Gasteiger partial charge in [0.15, 0.2) is 5.57 Å². The van der Waals surface area contributed by atoms with Crippen LogP contribution in [0.2, 0.25) is 0 Å². The summed E-state index contributed by atoms with van der Waals surface area (Å²) in [5, 5.41) is 2.77. The molecule has 2 aromatic carbocycles. The fourth-order valence-electron chi connectivity index (χ4n) is 3.33. The van der Waals surface area contributed by atoms with Crippen LogP contribution in [0.1, 0.15) is 25.0 Å². The van der Waals surface area contributed by atoms with E-state index in [4.69, 9.17) is 9.47 Å². The van der Waals surface area contributed by atoms with Crippen LogP contribution < -0.4 is 16.6 Å². The number of esters is 2. The number of anilines is 1. The van der Waals surface area contributed by atoms with Gasteiger partial charge in [0.25, 0.3) is 5.56 Å². The molecule has 0 spiro atoms. The highest BCUT2D eigenvalue weighted by Gasteiger charge is 2.21. The summed E-state index contributed by atoms with van der Waals surface area (Å²) in [5.41, 5.74) is 0.150. The van der Waals surface area contributed by atoms with E-state index in [2.05, 4.69) is 5.32 Å². The van der Waals surface area contributed by atoms with E-state index in [1.54, 1.807) is 13.8 Å². The molecular formula is C26H27N3O6. The summed E-state index contributed by atoms with van der Waals surface area (Å²) >= 11 is 0. The quantitative estimate of drug-likeness (QED) is 0.207. The second-order valence-electron chi connectivity index (χ2n) is 7.44. The normalized spacial score (nSPS) is 10.3. The summed E-state index contributed by atoms with van der Waals surface area (Å²) in [6, 6.07) is 19.6. The van der Waals surface area contributed by atoms with Crippen molar-refractivity contribution in [1.29, 1.82) is 0 Å². The van der Waals surface area contributed by atoms with Crippen molar-refractivity contribution in [1.82, 2.24) is 9.13 Å². The molecule has 35 heavy (non-hydrogen) atoms. The van der Waals surface area contributed by atoms with Crippen LogP contribution in [0.3, 0.4) is 0 Å². The van der Waals surface area contributed by atoms with Gasteiger partial charge in [-0.2, -0.15) is 0 Å². The monoisotopic (exact) mass is 477 g/mol. The van der Waals surface area contributed by atoms with Gasteiger partial charge in [-0.1, -0.05) is 60.7 Å². The average molecular weight is 478 g/mol. The summed E-state index contributed by atoms with van der Waals surface area (Å²) in [4.78, 5) is 50.9. The highest BCUT2D eigenvalue weighted by Crippen LogP contribution is 2.10. The van der Waals surface area contributed by atoms with E-state index in [-0.39, 0.29) is 37.7 Å². The first-order chi connectivity index (χ1) is 16.9. The van der Waals surface area contributed by atoms with Gasteiger partial charge in [0.05, 0.1) is 26.3 Å². The second kappa shape index (κ2) is 12.2. The molecular weight excluding hydrogens is 450 g/mol. The van der Waals surface area contributed by atoms with Crippen LogP contribution in [0.15, 0.2) is 88.1 Å². The molecule has 0 bridgehead atoms. The standard InChI is InChI=1S/C26H27N3O6/c1-3-34-24(31)21(25(32)35-4-2)16-27-22-15-23(30)29(18-20-13-9-6-10-14-20)26(33)28(22)17-19-11-7-5-8-12-19/h5-16,27H,3-4,17-18H2,1-2H3. The number of hydrogen-bond acceptors (Lipinski definition) is 7. The molecule has 1 aromatic heterocycles. The molecule has 0 amide bonds. The van der Waals surface area contributed by atoms with E-state index in [0.717, 1.165) is 21.9 Å². The number of hydrogen-bond donors (Lipinski definition) is 1. The maximum Gasteiger partial charge on any atom is 0.347 e. The summed E-state index contributed by atoms with van der Waals surface area (Å²) in [7, 11) is 0. The Labute approximate surface area is 202 Å². The van der Waals surface area contributed by atoms with Crippen LogP contribution in [0, 0.1) is 0 Å². The molecule has 3 rings (SSSR count). The van der Waals surface area contributed by atoms with Crippen molar-refractivity contribution in [3.05, 3.63) is 110 Å². The number of rotatable bonds is 10. The molecule has 1 heterocycles. The van der Waals surface area contributed by atoms with Crippen LogP contribution in [-0.4, -0.2) is 34.3 Å². The Morgan fingerprint density at radius 2 is 1.29 bits per heavy atom. The van der Waals surface area contributed by atoms with Gasteiger partial charge in [-0.3, -0.25) is 13.9 Å². The van der Waals surface area contributed by atoms with Crippen molar-refractivity contribution in [3.8, 4) is 0 Å². The Morgan fingerprint density at radius 1 is 0.800 bits per heavy atom. The number of benzene rings is 2. The van der Waals surface area contributed by atoms with Crippen molar-refractivity contribution in [2.24, 2.45) is 0 Å². The largest absolute Gasteiger partial charge is 0.462 e. The zero-order valence-corrected chi connectivity index (χ0v) is 19.6. The molecule has 0 aliphatic rings. The second-order valence-corrected chi connectivity index (χ2v) is 7.44. The van der Waals surface area contributed by atoms with Crippen molar-refractivity contribution in [2.45, 2.75) is 26.9 Å². The number of carbonyl (C=O) groups is 2. The topological polar surface area (TPSA) is 109 Å². The molecule has 0 atom stereocenters. The fraction of sp³-hybridized carbons (Fsp3) is 0.231. The first kappa shape index (κ1) is 25.2. The summed E-state index contributed by atoms with van der Waals surface area (Å²) in [6.45, 7) is 3.59. The fourth-order valence-corrected chi connectivity index (χ4v) is 3.33. The minimum Gasteiger partial charge on any atom is -0.462 e. The first-order valence-electron chi connectivity index (χ1n) is 11.2. The molecule has 0 radical (unpaired) electrons. The Balaban J connectivity index is 2.07. The molecule has 0 aliphatic carbocycles. The third-order valence-corrected chi connectivity index (χ3v) is 5.00. The molecule has 0 saturated carbocycles. The zero-order valence-electron chi connectivity index (χ0n) is 19.6. The zero-order chi connectivity index (χ0) is 25.2. The van der Waals surface area contributed by atoms with Gasteiger partial charge < -0.3 is 14.8 Å². The molecule has 9 nitrogen and oxygen atoms in total. The van der Waals surface area contributed by atoms with E-state index >= 15 is 0 Å². The van der Waals surface area contributed by atoms with Gasteiger partial charge in [-0.25, -0.2) is 14.4 Å². The summed E-state index contributed by atoms with van der Waals surface area (Å²) in [6.07, 6.45) is 1.09. The molecule has 0 aliphatic heterocycles. The van der Waals surface area contributed by atoms with Gasteiger partial charge in [-0.05, 0) is 25.0 Å². The molecule has 0 unspecified atom stereocenters. The lowest BCUT2D eigenvalue weighted by molar-refractivity contribution is -0.146. The highest BCUT2D eigenvalue weighted by molar-refractivity contribution is 6.14. The van der Waals surface area contributed by atoms with Gasteiger partial charge in [0, 0.05) is 12.3 Å². The summed E-state index contributed by atoms with van der Waals surface area (Å²) in [5.74, 6) is -1.65. The molecule has 0 saturated heterocycles. The predicted octanol–water partition coefficient (Wildman–Crippen LogP) is 2.53. The van der Waals surface area contributed by atoms with Gasteiger partial charge in [0.1, 0.15) is 5.82 Å². The highest BCUT2D eigenvalue weighted by atomic mass is 16.6. The van der Waals surface area contributed by atoms with Crippen molar-refractivity contribution >= 4 is 17.8 Å². The van der Waals surface area contributed by atoms with E-state index in [9.17, 15) is 19.2 Å². The number of nitrogens with one attached hydrogen (secondary N) is 1. The predicted molar refractivity (Wildman–Crippen MR) is 131 cm³/mol. The maximum atomic E-state index is 13.4. The Bertz CT molecular complexity index is 1290. The summed E-state index contributed by atoms with van der Waals surface area (Å²) < 4.78 is 12.4. The van der Waals surface area contributed by atoms with Crippen LogP contribution in [0.25, 0.3) is 0 Å². The lowest BCUT2D eigenvalue weighted by Crippen LogP contribution is -2.40. The first-order valence-corrected chi connectivity index (χ1v) is 11.2. The minimum atomic E-state index is -0.882. The van der Waals surface area contributed by atoms with Gasteiger partial charge in [0.2, 0.25) is 0 Å². The maximum absolute atomic E-state index is 13.4. The van der Waals surface area contributed by atoms with Crippen LogP contribution in [-0.2, 0) is 32.2 Å². The van der Waals surface area contributed by atoms with Gasteiger partial charge >= 0.3 is 17.6 Å². The van der Waals surface area contributed by atoms with E-state index in [1.807, 2.05) is 60.7 Å². The Morgan fingerprint density at radius 3 is 1.77 bits per heavy atom. The third-order valence-electron chi connectivity index (χ3n) is 5.00. The molecule has 3 aromatic rings. The Kier molecular flexibility index (Phi) is 8.77. The molecule has 182 valence electrons. The number of nitrogens with zero attached hydrogens (tertiary/aromatic N) is 2. The van der Waals surface area contributed by atoms with Crippen LogP contribution in [0.4, 0.5) is 5.82 Å². The molecule has 9 heteroatoms. The minimum absolute atomic E-state index is 0.0593. The van der Waals surface area contributed by atoms with Crippen molar-refractivity contribution < 1.29 is 19.1 Å². The third kappa shape index (κ3) is 6.57. The SMILES string of the molecule is CCOC(=O)C(=CNc1cc(=O)n(Cc2ccccc2)c(=O)n1Cc1ccccc1)C(=O)OCC. The lowest BCUT2D eigenvalue weighted by Gasteiger charge is -2.16. The van der Waals surface area contributed by atoms with Crippen molar-refractivity contribution in [3.63, 3.8) is 0 Å². The van der Waals surface area contributed by atoms with Crippen LogP contribution in [0.5, 0.6) is 0 Å². The molecule has 1 N–H and O–H groups in total. The van der Waals surface area contributed by atoms with Crippen LogP contribution >= 0.6 is 0 Å². The van der Waals surface area contributed by atoms with E-state index in [1.165, 1.54) is 10.6 Å². The van der Waals surface area contributed by atoms with Gasteiger partial charge in [-0.15, -0.1) is 0 Å². The number of ether oxygens (including phenoxy) is 2. The van der Waals surface area contributed by atoms with E-state index < -0.39 is 23.2 Å². The molecule has 0 fully saturated rings. The van der Waals surface area contributed by atoms with E-state index in [0.29, 0.717) is 0 Å².